The Morgan fingerprint density at radius 1 is 1.32 bits per heavy atom. The van der Waals surface area contributed by atoms with Crippen LogP contribution in [0.25, 0.3) is 0 Å². The first kappa shape index (κ1) is 16.5. The van der Waals surface area contributed by atoms with Gasteiger partial charge in [-0.25, -0.2) is 0 Å². The quantitative estimate of drug-likeness (QED) is 0.910. The smallest absolute Gasteiger partial charge is 0.261 e. The van der Waals surface area contributed by atoms with Crippen LogP contribution >= 0.6 is 11.3 Å². The van der Waals surface area contributed by atoms with Crippen LogP contribution in [-0.4, -0.2) is 41.0 Å². The number of fused-ring (bicyclic) bond motifs is 3. The third-order valence-corrected chi connectivity index (χ3v) is 6.29. The predicted molar refractivity (Wildman–Crippen MR) is 98.4 cm³/mol. The molecule has 3 aliphatic rings. The van der Waals surface area contributed by atoms with Crippen LogP contribution in [0.2, 0.25) is 0 Å². The molecule has 2 atom stereocenters. The Bertz CT molecular complexity index is 766. The Kier molecular flexibility index (Phi) is 4.48. The van der Waals surface area contributed by atoms with E-state index in [0.717, 1.165) is 11.4 Å². The van der Waals surface area contributed by atoms with Crippen molar-refractivity contribution in [3.05, 3.63) is 40.3 Å². The number of hydrogen-bond donors (Lipinski definition) is 1. The van der Waals surface area contributed by atoms with Crippen molar-refractivity contribution >= 4 is 17.2 Å². The molecule has 3 aliphatic heterocycles. The summed E-state index contributed by atoms with van der Waals surface area (Å²) in [4.78, 5) is 20.0. The largest absolute Gasteiger partial charge is 0.456 e. The van der Waals surface area contributed by atoms with Gasteiger partial charge in [-0.1, -0.05) is 0 Å². The van der Waals surface area contributed by atoms with Gasteiger partial charge >= 0.3 is 0 Å². The summed E-state index contributed by atoms with van der Waals surface area (Å²) in [6.45, 7) is 6.49. The Morgan fingerprint density at radius 2 is 2.12 bits per heavy atom. The van der Waals surface area contributed by atoms with Gasteiger partial charge in [-0.2, -0.15) is 0 Å². The molecular weight excluding hydrogens is 334 g/mol. The normalized spacial score (nSPS) is 27.9. The summed E-state index contributed by atoms with van der Waals surface area (Å²) >= 11 is 1.42. The summed E-state index contributed by atoms with van der Waals surface area (Å²) in [5.74, 6) is 2.06. The number of aryl methyl sites for hydroxylation is 1. The summed E-state index contributed by atoms with van der Waals surface area (Å²) < 4.78 is 5.83. The molecule has 3 saturated heterocycles. The van der Waals surface area contributed by atoms with Crippen molar-refractivity contribution in [2.75, 3.05) is 13.1 Å². The molecule has 5 heterocycles. The van der Waals surface area contributed by atoms with E-state index >= 15 is 0 Å². The molecule has 2 bridgehead atoms. The van der Waals surface area contributed by atoms with Gasteiger partial charge in [0.2, 0.25) is 0 Å². The van der Waals surface area contributed by atoms with Crippen LogP contribution in [0.4, 0.5) is 0 Å². The lowest BCUT2D eigenvalue weighted by Gasteiger charge is -2.49. The van der Waals surface area contributed by atoms with E-state index in [0.29, 0.717) is 22.6 Å². The lowest BCUT2D eigenvalue weighted by atomic mass is 9.79. The number of amides is 1. The zero-order chi connectivity index (χ0) is 17.4. The van der Waals surface area contributed by atoms with Gasteiger partial charge in [0.05, 0.1) is 4.88 Å². The van der Waals surface area contributed by atoms with E-state index in [1.54, 1.807) is 6.20 Å². The van der Waals surface area contributed by atoms with E-state index in [-0.39, 0.29) is 11.9 Å². The maximum absolute atomic E-state index is 12.7. The molecule has 5 nitrogen and oxygen atoms in total. The molecule has 2 aromatic rings. The minimum absolute atomic E-state index is 0.0105. The number of thiophene rings is 1. The van der Waals surface area contributed by atoms with Crippen LogP contribution in [0.15, 0.2) is 29.8 Å². The molecule has 1 N–H and O–H groups in total. The standard InChI is InChI=1S/C19H23N3O2S/c1-12-9-15(3-6-20-12)24-16-10-17(25-11-16)19(23)21-18-13(2)22-7-4-14(18)5-8-22/h3,6,9-11,13-14,18H,4-5,7-8H2,1-2H3,(H,21,23)/t13-,18+/m1/s1. The fourth-order valence-electron chi connectivity index (χ4n) is 3.98. The highest BCUT2D eigenvalue weighted by atomic mass is 32.1. The monoisotopic (exact) mass is 357 g/mol. The van der Waals surface area contributed by atoms with Crippen molar-refractivity contribution in [1.29, 1.82) is 0 Å². The Labute approximate surface area is 152 Å². The number of rotatable bonds is 4. The van der Waals surface area contributed by atoms with Crippen LogP contribution in [0.1, 0.15) is 35.1 Å². The van der Waals surface area contributed by atoms with Gasteiger partial charge in [-0.15, -0.1) is 11.3 Å². The highest BCUT2D eigenvalue weighted by Crippen LogP contribution is 2.33. The van der Waals surface area contributed by atoms with Gasteiger partial charge in [-0.05, 0) is 51.8 Å². The molecule has 0 aromatic carbocycles. The lowest BCUT2D eigenvalue weighted by Crippen LogP contribution is -2.62. The fraction of sp³-hybridized carbons (Fsp3) is 0.474. The molecule has 6 heteroatoms. The van der Waals surface area contributed by atoms with Crippen LogP contribution in [0.3, 0.4) is 0 Å². The van der Waals surface area contributed by atoms with Crippen molar-refractivity contribution in [2.24, 2.45) is 5.92 Å². The Balaban J connectivity index is 1.42. The zero-order valence-corrected chi connectivity index (χ0v) is 15.4. The minimum Gasteiger partial charge on any atom is -0.456 e. The van der Waals surface area contributed by atoms with Crippen molar-refractivity contribution in [1.82, 2.24) is 15.2 Å². The SMILES string of the molecule is Cc1cc(Oc2csc(C(=O)N[C@@H]3C4CCN(CC4)[C@@H]3C)c2)ccn1. The molecule has 25 heavy (non-hydrogen) atoms. The average molecular weight is 357 g/mol. The topological polar surface area (TPSA) is 54.5 Å². The van der Waals surface area contributed by atoms with Gasteiger partial charge < -0.3 is 10.1 Å². The van der Waals surface area contributed by atoms with Gasteiger partial charge in [0.25, 0.3) is 5.91 Å². The zero-order valence-electron chi connectivity index (χ0n) is 14.6. The minimum atomic E-state index is 0.0105. The number of nitrogens with one attached hydrogen (secondary N) is 1. The number of piperidine rings is 3. The first-order valence-corrected chi connectivity index (χ1v) is 9.72. The summed E-state index contributed by atoms with van der Waals surface area (Å²) in [6.07, 6.45) is 4.10. The van der Waals surface area contributed by atoms with Crippen LogP contribution in [0, 0.1) is 12.8 Å². The summed E-state index contributed by atoms with van der Waals surface area (Å²) in [5.41, 5.74) is 0.905. The van der Waals surface area contributed by atoms with Crippen LogP contribution in [-0.2, 0) is 0 Å². The number of ether oxygens (including phenoxy) is 1. The molecule has 1 amide bonds. The van der Waals surface area contributed by atoms with Gasteiger partial charge in [0, 0.05) is 41.5 Å². The van der Waals surface area contributed by atoms with E-state index in [1.807, 2.05) is 30.5 Å². The van der Waals surface area contributed by atoms with Crippen LogP contribution in [0.5, 0.6) is 11.5 Å². The van der Waals surface area contributed by atoms with E-state index in [2.05, 4.69) is 22.1 Å². The highest BCUT2D eigenvalue weighted by molar-refractivity contribution is 7.12. The summed E-state index contributed by atoms with van der Waals surface area (Å²) in [6, 6.07) is 6.20. The second kappa shape index (κ2) is 6.77. The van der Waals surface area contributed by atoms with Crippen molar-refractivity contribution < 1.29 is 9.53 Å². The number of aromatic nitrogens is 1. The highest BCUT2D eigenvalue weighted by Gasteiger charge is 2.40. The van der Waals surface area contributed by atoms with E-state index in [9.17, 15) is 4.79 Å². The lowest BCUT2D eigenvalue weighted by molar-refractivity contribution is 0.0218. The molecule has 132 valence electrons. The predicted octanol–water partition coefficient (Wildman–Crippen LogP) is 3.46. The first-order chi connectivity index (χ1) is 12.1. The van der Waals surface area contributed by atoms with E-state index in [1.165, 1.54) is 37.3 Å². The molecule has 0 aliphatic carbocycles. The Hall–Kier alpha value is -1.92. The number of carbonyl (C=O) groups is 1. The Morgan fingerprint density at radius 3 is 2.84 bits per heavy atom. The maximum atomic E-state index is 12.7. The molecule has 2 aromatic heterocycles. The molecule has 0 saturated carbocycles. The summed E-state index contributed by atoms with van der Waals surface area (Å²) in [5, 5.41) is 5.15. The molecule has 0 radical (unpaired) electrons. The van der Waals surface area contributed by atoms with E-state index < -0.39 is 0 Å². The number of carbonyl (C=O) groups excluding carboxylic acids is 1. The molecule has 5 rings (SSSR count). The van der Waals surface area contributed by atoms with Gasteiger partial charge in [0.15, 0.2) is 0 Å². The third-order valence-electron chi connectivity index (χ3n) is 5.38. The van der Waals surface area contributed by atoms with Gasteiger partial charge in [0.1, 0.15) is 11.5 Å². The number of hydrogen-bond acceptors (Lipinski definition) is 5. The molecule has 0 spiro atoms. The fourth-order valence-corrected chi connectivity index (χ4v) is 4.69. The average Bonchev–Trinajstić information content (AvgIpc) is 3.07. The molecule has 0 unspecified atom stereocenters. The summed E-state index contributed by atoms with van der Waals surface area (Å²) in [7, 11) is 0. The molecular formula is C19H23N3O2S. The van der Waals surface area contributed by atoms with Crippen molar-refractivity contribution in [2.45, 2.75) is 38.8 Å². The first-order valence-electron chi connectivity index (χ1n) is 8.84. The third kappa shape index (κ3) is 3.41. The number of nitrogens with zero attached hydrogens (tertiary/aromatic N) is 2. The second-order valence-electron chi connectivity index (χ2n) is 6.99. The maximum Gasteiger partial charge on any atom is 0.261 e. The van der Waals surface area contributed by atoms with Gasteiger partial charge in [-0.3, -0.25) is 14.7 Å². The molecule has 3 fully saturated rings. The number of pyridine rings is 1. The second-order valence-corrected chi connectivity index (χ2v) is 7.91. The van der Waals surface area contributed by atoms with E-state index in [4.69, 9.17) is 4.74 Å². The van der Waals surface area contributed by atoms with Crippen LogP contribution < -0.4 is 10.1 Å². The van der Waals surface area contributed by atoms with Crippen molar-refractivity contribution in [3.63, 3.8) is 0 Å². The van der Waals surface area contributed by atoms with Crippen molar-refractivity contribution in [3.8, 4) is 11.5 Å².